The molecule has 0 atom stereocenters. The van der Waals surface area contributed by atoms with Gasteiger partial charge in [-0.05, 0) is 19.1 Å². The Hall–Kier alpha value is 0.367. The summed E-state index contributed by atoms with van der Waals surface area (Å²) >= 11 is 4.23. The van der Waals surface area contributed by atoms with Crippen molar-refractivity contribution in [1.29, 1.82) is 0 Å². The van der Waals surface area contributed by atoms with Crippen molar-refractivity contribution in [2.75, 3.05) is 53.0 Å². The van der Waals surface area contributed by atoms with Gasteiger partial charge in [0.05, 0.1) is 26.4 Å². The molecule has 0 aromatic heterocycles. The van der Waals surface area contributed by atoms with E-state index < -0.39 is 8.80 Å². The van der Waals surface area contributed by atoms with Gasteiger partial charge in [0.2, 0.25) is 0 Å². The fourth-order valence-electron chi connectivity index (χ4n) is 1.42. The van der Waals surface area contributed by atoms with E-state index in [1.165, 1.54) is 0 Å². The van der Waals surface area contributed by atoms with Crippen LogP contribution in [0.5, 0.6) is 0 Å². The van der Waals surface area contributed by atoms with Gasteiger partial charge in [-0.3, -0.25) is 0 Å². The van der Waals surface area contributed by atoms with E-state index >= 15 is 0 Å². The van der Waals surface area contributed by atoms with Crippen LogP contribution in [0.1, 0.15) is 13.3 Å². The first-order valence-electron chi connectivity index (χ1n) is 6.25. The van der Waals surface area contributed by atoms with Crippen LogP contribution in [0.3, 0.4) is 0 Å². The minimum Gasteiger partial charge on any atom is -0.382 e. The topological polar surface area (TPSA) is 46.2 Å². The largest absolute Gasteiger partial charge is 0.501 e. The molecule has 0 aliphatic rings. The predicted molar refractivity (Wildman–Crippen MR) is 76.3 cm³/mol. The van der Waals surface area contributed by atoms with Crippen molar-refractivity contribution >= 4 is 21.4 Å². The summed E-state index contributed by atoms with van der Waals surface area (Å²) < 4.78 is 27.4. The summed E-state index contributed by atoms with van der Waals surface area (Å²) in [5, 5.41) is 0. The molecule has 0 bridgehead atoms. The maximum absolute atomic E-state index is 5.84. The summed E-state index contributed by atoms with van der Waals surface area (Å²) in [5.41, 5.74) is 0. The fraction of sp³-hybridized carbons (Fsp3) is 1.00. The van der Waals surface area contributed by atoms with Crippen LogP contribution in [0.2, 0.25) is 6.04 Å². The Morgan fingerprint density at radius 3 is 1.83 bits per heavy atom. The molecule has 0 aromatic rings. The third kappa shape index (κ3) is 8.47. The SMILES string of the molecule is CCO[Si](CCCS)(OCCOC)OCCOC. The third-order valence-electron chi connectivity index (χ3n) is 2.22. The molecule has 0 amide bonds. The molecule has 0 heterocycles. The van der Waals surface area contributed by atoms with E-state index in [1.54, 1.807) is 14.2 Å². The number of ether oxygens (including phenoxy) is 2. The molecule has 0 spiro atoms. The van der Waals surface area contributed by atoms with Gasteiger partial charge in [-0.15, -0.1) is 0 Å². The first kappa shape index (κ1) is 18.4. The molecule has 0 saturated heterocycles. The molecule has 5 nitrogen and oxygen atoms in total. The average molecular weight is 298 g/mol. The summed E-state index contributed by atoms with van der Waals surface area (Å²) in [6.07, 6.45) is 0.912. The van der Waals surface area contributed by atoms with Crippen LogP contribution >= 0.6 is 12.6 Å². The van der Waals surface area contributed by atoms with Gasteiger partial charge in [0.1, 0.15) is 0 Å². The zero-order valence-corrected chi connectivity index (χ0v) is 13.5. The molecule has 0 fully saturated rings. The third-order valence-corrected chi connectivity index (χ3v) is 5.52. The molecule has 18 heavy (non-hydrogen) atoms. The molecule has 0 aliphatic carbocycles. The van der Waals surface area contributed by atoms with E-state index in [-0.39, 0.29) is 0 Å². The number of thiol groups is 1. The van der Waals surface area contributed by atoms with E-state index in [9.17, 15) is 0 Å². The van der Waals surface area contributed by atoms with Crippen LogP contribution in [0.25, 0.3) is 0 Å². The maximum Gasteiger partial charge on any atom is 0.501 e. The lowest BCUT2D eigenvalue weighted by Gasteiger charge is -2.29. The fourth-order valence-corrected chi connectivity index (χ4v) is 4.39. The monoisotopic (exact) mass is 298 g/mol. The van der Waals surface area contributed by atoms with Crippen molar-refractivity contribution in [3.63, 3.8) is 0 Å². The van der Waals surface area contributed by atoms with Gasteiger partial charge in [-0.1, -0.05) is 0 Å². The van der Waals surface area contributed by atoms with Crippen molar-refractivity contribution in [3.05, 3.63) is 0 Å². The van der Waals surface area contributed by atoms with Gasteiger partial charge in [0, 0.05) is 26.9 Å². The molecule has 0 unspecified atom stereocenters. The Labute approximate surface area is 117 Å². The Balaban J connectivity index is 4.34. The van der Waals surface area contributed by atoms with Gasteiger partial charge in [-0.2, -0.15) is 12.6 Å². The second-order valence-corrected chi connectivity index (χ2v) is 6.80. The summed E-state index contributed by atoms with van der Waals surface area (Å²) in [7, 11) is 0.691. The molecular formula is C11H26O5SSi. The molecule has 0 radical (unpaired) electrons. The number of hydrogen-bond donors (Lipinski definition) is 1. The number of rotatable bonds is 13. The van der Waals surface area contributed by atoms with E-state index in [2.05, 4.69) is 12.6 Å². The summed E-state index contributed by atoms with van der Waals surface area (Å²) in [6.45, 7) is 4.58. The second-order valence-electron chi connectivity index (χ2n) is 3.63. The lowest BCUT2D eigenvalue weighted by molar-refractivity contribution is 0.0279. The van der Waals surface area contributed by atoms with Crippen LogP contribution in [-0.2, 0) is 22.8 Å². The molecule has 0 aromatic carbocycles. The molecule has 110 valence electrons. The Kier molecular flexibility index (Phi) is 12.7. The van der Waals surface area contributed by atoms with Crippen LogP contribution in [-0.4, -0.2) is 61.8 Å². The summed E-state index contributed by atoms with van der Waals surface area (Å²) in [5.74, 6) is 0.795. The van der Waals surface area contributed by atoms with Crippen molar-refractivity contribution in [2.24, 2.45) is 0 Å². The van der Waals surface area contributed by atoms with Crippen LogP contribution in [0.4, 0.5) is 0 Å². The second kappa shape index (κ2) is 12.4. The van der Waals surface area contributed by atoms with Crippen molar-refractivity contribution in [2.45, 2.75) is 19.4 Å². The van der Waals surface area contributed by atoms with Gasteiger partial charge < -0.3 is 22.8 Å². The quantitative estimate of drug-likeness (QED) is 0.318. The van der Waals surface area contributed by atoms with E-state index in [1.807, 2.05) is 6.92 Å². The highest BCUT2D eigenvalue weighted by Gasteiger charge is 2.40. The highest BCUT2D eigenvalue weighted by atomic mass is 32.1. The minimum absolute atomic E-state index is 0.488. The molecule has 0 aliphatic heterocycles. The zero-order valence-electron chi connectivity index (χ0n) is 11.6. The van der Waals surface area contributed by atoms with Crippen molar-refractivity contribution in [3.8, 4) is 0 Å². The van der Waals surface area contributed by atoms with E-state index in [4.69, 9.17) is 22.8 Å². The van der Waals surface area contributed by atoms with Crippen LogP contribution < -0.4 is 0 Å². The predicted octanol–water partition coefficient (Wildman–Crippen LogP) is 1.61. The van der Waals surface area contributed by atoms with Crippen molar-refractivity contribution in [1.82, 2.24) is 0 Å². The van der Waals surface area contributed by atoms with Crippen LogP contribution in [0, 0.1) is 0 Å². The van der Waals surface area contributed by atoms with Gasteiger partial charge >= 0.3 is 8.80 Å². The lowest BCUT2D eigenvalue weighted by atomic mass is 10.6. The van der Waals surface area contributed by atoms with Crippen molar-refractivity contribution < 1.29 is 22.8 Å². The Morgan fingerprint density at radius 2 is 1.44 bits per heavy atom. The first-order chi connectivity index (χ1) is 8.74. The summed E-state index contributed by atoms with van der Waals surface area (Å²) in [4.78, 5) is 0. The molecule has 7 heteroatoms. The summed E-state index contributed by atoms with van der Waals surface area (Å²) in [6, 6.07) is 0.776. The van der Waals surface area contributed by atoms with Gasteiger partial charge in [0.15, 0.2) is 0 Å². The molecule has 0 rings (SSSR count). The lowest BCUT2D eigenvalue weighted by Crippen LogP contribution is -2.47. The van der Waals surface area contributed by atoms with E-state index in [0.717, 1.165) is 18.2 Å². The smallest absolute Gasteiger partial charge is 0.382 e. The highest BCUT2D eigenvalue weighted by molar-refractivity contribution is 7.80. The van der Waals surface area contributed by atoms with E-state index in [0.29, 0.717) is 33.0 Å². The Bertz CT molecular complexity index is 175. The standard InChI is InChI=1S/C11H26O5SSi/c1-4-14-18(11-5-10-17,15-8-6-12-2)16-9-7-13-3/h17H,4-11H2,1-3H3. The van der Waals surface area contributed by atoms with Gasteiger partial charge in [0.25, 0.3) is 0 Å². The normalized spacial score (nSPS) is 12.0. The number of methoxy groups -OCH3 is 2. The zero-order chi connectivity index (χ0) is 13.7. The van der Waals surface area contributed by atoms with Gasteiger partial charge in [-0.25, -0.2) is 0 Å². The first-order valence-corrected chi connectivity index (χ1v) is 8.81. The van der Waals surface area contributed by atoms with Crippen LogP contribution in [0.15, 0.2) is 0 Å². The molecule has 0 saturated carbocycles. The highest BCUT2D eigenvalue weighted by Crippen LogP contribution is 2.18. The number of hydrogen-bond acceptors (Lipinski definition) is 6. The maximum atomic E-state index is 5.84. The average Bonchev–Trinajstić information content (AvgIpc) is 2.37. The minimum atomic E-state index is -2.60. The Morgan fingerprint density at radius 1 is 0.889 bits per heavy atom. The molecular weight excluding hydrogens is 272 g/mol. The molecule has 0 N–H and O–H groups in total.